The average molecular weight is 520 g/mol. The Morgan fingerprint density at radius 2 is 1.54 bits per heavy atom. The van der Waals surface area contributed by atoms with Gasteiger partial charge in [-0.25, -0.2) is 0 Å². The van der Waals surface area contributed by atoms with E-state index in [0.717, 1.165) is 16.5 Å². The second-order valence-electron chi connectivity index (χ2n) is 8.70. The van der Waals surface area contributed by atoms with E-state index >= 15 is 0 Å². The van der Waals surface area contributed by atoms with Crippen molar-refractivity contribution in [1.29, 1.82) is 0 Å². The van der Waals surface area contributed by atoms with Crippen LogP contribution in [-0.4, -0.2) is 53.0 Å². The summed E-state index contributed by atoms with van der Waals surface area (Å²) in [5.74, 6) is -0.838. The monoisotopic (exact) mass is 519 g/mol. The average Bonchev–Trinajstić information content (AvgIpc) is 3.07. The third-order valence-corrected chi connectivity index (χ3v) is 6.22. The Hall–Kier alpha value is -2.72. The summed E-state index contributed by atoms with van der Waals surface area (Å²) in [6.45, 7) is 1.10. The number of hydrogen-bond donors (Lipinski definition) is 0. The largest absolute Gasteiger partial charge is 0.416 e. The molecule has 2 aromatic carbocycles. The summed E-state index contributed by atoms with van der Waals surface area (Å²) >= 11 is 0. The fraction of sp³-hybridized carbons (Fsp3) is 0.375. The number of carbonyl (C=O) groups is 1. The van der Waals surface area contributed by atoms with Crippen LogP contribution < -0.4 is 0 Å². The van der Waals surface area contributed by atoms with Crippen molar-refractivity contribution in [2.45, 2.75) is 24.8 Å². The molecule has 0 unspecified atom stereocenters. The van der Waals surface area contributed by atoms with Crippen LogP contribution in [0.1, 0.15) is 27.0 Å². The second kappa shape index (κ2) is 9.73. The highest BCUT2D eigenvalue weighted by atomic mass is 35.5. The van der Waals surface area contributed by atoms with Crippen LogP contribution >= 0.6 is 12.4 Å². The summed E-state index contributed by atoms with van der Waals surface area (Å²) in [6, 6.07) is 8.33. The topological polar surface area (TPSA) is 28.5 Å². The Labute approximate surface area is 204 Å². The smallest absolute Gasteiger partial charge is 0.350 e. The van der Waals surface area contributed by atoms with E-state index in [2.05, 4.69) is 0 Å². The number of rotatable bonds is 3. The van der Waals surface area contributed by atoms with Crippen molar-refractivity contribution in [2.75, 3.05) is 26.7 Å². The fourth-order valence-electron chi connectivity index (χ4n) is 4.54. The summed E-state index contributed by atoms with van der Waals surface area (Å²) in [6.07, 6.45) is -7.67. The van der Waals surface area contributed by atoms with Crippen LogP contribution in [-0.2, 0) is 25.8 Å². The Balaban J connectivity index is 0.00000342. The number of amides is 1. The molecule has 35 heavy (non-hydrogen) atoms. The maximum Gasteiger partial charge on any atom is 0.416 e. The van der Waals surface area contributed by atoms with E-state index < -0.39 is 41.0 Å². The van der Waals surface area contributed by atoms with E-state index in [-0.39, 0.29) is 25.0 Å². The molecule has 0 N–H and O–H groups in total. The highest BCUT2D eigenvalue weighted by Gasteiger charge is 2.39. The number of benzene rings is 2. The molecule has 1 aliphatic heterocycles. The zero-order valence-corrected chi connectivity index (χ0v) is 19.8. The van der Waals surface area contributed by atoms with E-state index in [1.165, 1.54) is 4.90 Å². The van der Waals surface area contributed by atoms with Gasteiger partial charge < -0.3 is 14.4 Å². The standard InChI is InChI=1S/C24H23F6N3O.ClH/c1-31-7-8-33(19(14-31)11-16-13-32(2)21-6-4-3-5-20(16)21)22(34)15-9-17(23(25,26)27)12-18(10-15)24(28,29)30;/h3-6,9-10,12-13,19H,7-8,11,14H2,1-2H3;1H/t19-;/m1./s1. The van der Waals surface area contributed by atoms with Gasteiger partial charge in [0.15, 0.2) is 0 Å². The lowest BCUT2D eigenvalue weighted by molar-refractivity contribution is -0.143. The molecule has 1 fully saturated rings. The van der Waals surface area contributed by atoms with Crippen molar-refractivity contribution in [3.63, 3.8) is 0 Å². The number of nitrogens with zero attached hydrogens (tertiary/aromatic N) is 3. The van der Waals surface area contributed by atoms with Crippen LogP contribution in [0.2, 0.25) is 0 Å². The predicted molar refractivity (Wildman–Crippen MR) is 123 cm³/mol. The lowest BCUT2D eigenvalue weighted by Gasteiger charge is -2.40. The number of hydrogen-bond acceptors (Lipinski definition) is 2. The minimum absolute atomic E-state index is 0. The van der Waals surface area contributed by atoms with Gasteiger partial charge in [-0.05, 0) is 43.3 Å². The van der Waals surface area contributed by atoms with Crippen LogP contribution in [0.25, 0.3) is 10.9 Å². The molecule has 0 saturated carbocycles. The molecule has 4 rings (SSSR count). The van der Waals surface area contributed by atoms with Gasteiger partial charge >= 0.3 is 12.4 Å². The SMILES string of the molecule is CN1CCN(C(=O)c2cc(C(F)(F)F)cc(C(F)(F)F)c2)[C@H](Cc2cn(C)c3ccccc23)C1.Cl. The Kier molecular flexibility index (Phi) is 7.48. The molecule has 3 aromatic rings. The van der Waals surface area contributed by atoms with Crippen molar-refractivity contribution < 1.29 is 31.1 Å². The normalized spacial score (nSPS) is 17.5. The molecule has 0 bridgehead atoms. The number of aryl methyl sites for hydroxylation is 1. The third-order valence-electron chi connectivity index (χ3n) is 6.22. The van der Waals surface area contributed by atoms with E-state index in [9.17, 15) is 31.1 Å². The molecule has 1 saturated heterocycles. The molecule has 0 aliphatic carbocycles. The minimum Gasteiger partial charge on any atom is -0.350 e. The van der Waals surface area contributed by atoms with E-state index in [1.54, 1.807) is 0 Å². The van der Waals surface area contributed by atoms with Gasteiger partial charge in [0.1, 0.15) is 0 Å². The van der Waals surface area contributed by atoms with Crippen molar-refractivity contribution in [1.82, 2.24) is 14.4 Å². The maximum atomic E-state index is 13.3. The molecular formula is C24H24ClF6N3O. The van der Waals surface area contributed by atoms with Gasteiger partial charge in [-0.2, -0.15) is 26.3 Å². The lowest BCUT2D eigenvalue weighted by atomic mass is 9.99. The zero-order valence-electron chi connectivity index (χ0n) is 19.0. The number of carbonyl (C=O) groups excluding carboxylic acids is 1. The number of aromatic nitrogens is 1. The number of fused-ring (bicyclic) bond motifs is 1. The molecule has 1 aromatic heterocycles. The molecular weight excluding hydrogens is 496 g/mol. The molecule has 1 aliphatic rings. The lowest BCUT2D eigenvalue weighted by Crippen LogP contribution is -2.55. The van der Waals surface area contributed by atoms with E-state index in [4.69, 9.17) is 0 Å². The molecule has 0 radical (unpaired) electrons. The van der Waals surface area contributed by atoms with E-state index in [1.807, 2.05) is 54.0 Å². The first-order valence-corrected chi connectivity index (χ1v) is 10.7. The Morgan fingerprint density at radius 1 is 0.943 bits per heavy atom. The van der Waals surface area contributed by atoms with Crippen molar-refractivity contribution in [3.05, 3.63) is 70.9 Å². The summed E-state index contributed by atoms with van der Waals surface area (Å²) in [4.78, 5) is 16.7. The van der Waals surface area contributed by atoms with Crippen LogP contribution in [0.4, 0.5) is 26.3 Å². The van der Waals surface area contributed by atoms with Crippen LogP contribution in [0.3, 0.4) is 0 Å². The zero-order chi connectivity index (χ0) is 24.8. The van der Waals surface area contributed by atoms with E-state index in [0.29, 0.717) is 31.6 Å². The van der Waals surface area contributed by atoms with Crippen molar-refractivity contribution in [3.8, 4) is 0 Å². The predicted octanol–water partition coefficient (Wildman–Crippen LogP) is 5.64. The van der Waals surface area contributed by atoms with Crippen LogP contribution in [0, 0.1) is 0 Å². The number of likely N-dealkylation sites (N-methyl/N-ethyl adjacent to an activating group) is 1. The molecule has 0 spiro atoms. The fourth-order valence-corrected chi connectivity index (χ4v) is 4.54. The Morgan fingerprint density at radius 3 is 2.14 bits per heavy atom. The summed E-state index contributed by atoms with van der Waals surface area (Å²) < 4.78 is 81.8. The van der Waals surface area contributed by atoms with Gasteiger partial charge in [-0.3, -0.25) is 4.79 Å². The summed E-state index contributed by atoms with van der Waals surface area (Å²) in [5.41, 5.74) is -1.66. The number of para-hydroxylation sites is 1. The molecule has 190 valence electrons. The minimum atomic E-state index is -5.01. The quantitative estimate of drug-likeness (QED) is 0.419. The Bertz CT molecular complexity index is 1190. The number of piperazine rings is 1. The first kappa shape index (κ1) is 26.9. The molecule has 1 amide bonds. The molecule has 2 heterocycles. The maximum absolute atomic E-state index is 13.3. The van der Waals surface area contributed by atoms with Crippen molar-refractivity contribution in [2.24, 2.45) is 7.05 Å². The van der Waals surface area contributed by atoms with Gasteiger partial charge in [0.25, 0.3) is 5.91 Å². The van der Waals surface area contributed by atoms with Crippen LogP contribution in [0.5, 0.6) is 0 Å². The molecule has 1 atom stereocenters. The van der Waals surface area contributed by atoms with Gasteiger partial charge in [0, 0.05) is 55.4 Å². The second-order valence-corrected chi connectivity index (χ2v) is 8.70. The van der Waals surface area contributed by atoms with Gasteiger partial charge in [0.2, 0.25) is 0 Å². The van der Waals surface area contributed by atoms with Crippen molar-refractivity contribution >= 4 is 29.2 Å². The molecule has 4 nitrogen and oxygen atoms in total. The third kappa shape index (κ3) is 5.59. The van der Waals surface area contributed by atoms with Crippen LogP contribution in [0.15, 0.2) is 48.7 Å². The molecule has 11 heteroatoms. The highest BCUT2D eigenvalue weighted by molar-refractivity contribution is 5.95. The first-order chi connectivity index (χ1) is 15.8. The van der Waals surface area contributed by atoms with Gasteiger partial charge in [-0.1, -0.05) is 18.2 Å². The first-order valence-electron chi connectivity index (χ1n) is 10.7. The summed E-state index contributed by atoms with van der Waals surface area (Å²) in [7, 11) is 3.76. The van der Waals surface area contributed by atoms with Gasteiger partial charge in [-0.15, -0.1) is 12.4 Å². The summed E-state index contributed by atoms with van der Waals surface area (Å²) in [5, 5.41) is 0.990. The number of alkyl halides is 6. The van der Waals surface area contributed by atoms with Gasteiger partial charge in [0.05, 0.1) is 11.1 Å². The number of halogens is 7. The highest BCUT2D eigenvalue weighted by Crippen LogP contribution is 2.37.